The Bertz CT molecular complexity index is 2010. The number of rotatable bonds is 20. The molecule has 0 aliphatic carbocycles. The van der Waals surface area contributed by atoms with Crippen LogP contribution in [0.15, 0.2) is 60.7 Å². The minimum atomic E-state index is -5.22. The molecule has 2 rings (SSSR count). The van der Waals surface area contributed by atoms with Crippen LogP contribution in [0.3, 0.4) is 0 Å². The van der Waals surface area contributed by atoms with Crippen molar-refractivity contribution in [1.82, 2.24) is 18.1 Å². The number of hydrogen-bond acceptors (Lipinski definition) is 16. The molecule has 0 radical (unpaired) electrons. The van der Waals surface area contributed by atoms with Crippen LogP contribution in [0, 0.1) is 0 Å². The Morgan fingerprint density at radius 2 is 0.785 bits per heavy atom. The summed E-state index contributed by atoms with van der Waals surface area (Å²) in [5, 5.41) is 0. The molecule has 2 amide bonds. The number of amides is 2. The molecule has 65 heavy (non-hydrogen) atoms. The van der Waals surface area contributed by atoms with Crippen LogP contribution < -0.4 is 9.44 Å². The van der Waals surface area contributed by atoms with Gasteiger partial charge in [-0.25, -0.2) is 19.0 Å². The summed E-state index contributed by atoms with van der Waals surface area (Å²) in [4.78, 5) is 80.4. The lowest BCUT2D eigenvalue weighted by Gasteiger charge is -2.34. The second kappa shape index (κ2) is 23.2. The first-order valence-corrected chi connectivity index (χ1v) is 23.4. The van der Waals surface area contributed by atoms with Gasteiger partial charge >= 0.3 is 56.5 Å². The largest absolute Gasteiger partial charge is 0.460 e. The molecular formula is C43H64N4O16S2. The Labute approximate surface area is 382 Å². The fourth-order valence-corrected chi connectivity index (χ4v) is 8.03. The van der Waals surface area contributed by atoms with Crippen molar-refractivity contribution in [2.75, 3.05) is 13.1 Å². The maximum atomic E-state index is 14.2. The van der Waals surface area contributed by atoms with Gasteiger partial charge in [-0.05, 0) is 101 Å². The second-order valence-corrected chi connectivity index (χ2v) is 21.8. The van der Waals surface area contributed by atoms with Gasteiger partial charge in [-0.15, -0.1) is 0 Å². The third-order valence-corrected chi connectivity index (χ3v) is 10.8. The van der Waals surface area contributed by atoms with E-state index in [1.165, 1.54) is 83.1 Å². The second-order valence-electron chi connectivity index (χ2n) is 18.6. The zero-order valence-electron chi connectivity index (χ0n) is 39.1. The number of esters is 4. The summed E-state index contributed by atoms with van der Waals surface area (Å²) >= 11 is 0. The van der Waals surface area contributed by atoms with Crippen molar-refractivity contribution in [1.29, 1.82) is 0 Å². The summed E-state index contributed by atoms with van der Waals surface area (Å²) in [5.74, 6) is -4.61. The highest BCUT2D eigenvalue weighted by atomic mass is 32.2. The van der Waals surface area contributed by atoms with Gasteiger partial charge in [0.2, 0.25) is 0 Å². The van der Waals surface area contributed by atoms with Gasteiger partial charge < -0.3 is 28.4 Å². The lowest BCUT2D eigenvalue weighted by Crippen LogP contribution is -2.56. The van der Waals surface area contributed by atoms with E-state index in [0.29, 0.717) is 19.7 Å². The maximum Gasteiger partial charge on any atom is 0.422 e. The molecular weight excluding hydrogens is 893 g/mol. The van der Waals surface area contributed by atoms with E-state index in [4.69, 9.17) is 28.4 Å². The van der Waals surface area contributed by atoms with E-state index in [-0.39, 0.29) is 13.2 Å². The van der Waals surface area contributed by atoms with Gasteiger partial charge in [-0.1, -0.05) is 60.7 Å². The number of nitrogens with zero attached hydrogens (tertiary/aromatic N) is 2. The Morgan fingerprint density at radius 1 is 0.492 bits per heavy atom. The molecule has 0 fully saturated rings. The number of carbonyl (C=O) groups excluding carboxylic acids is 6. The van der Waals surface area contributed by atoms with Crippen molar-refractivity contribution < 1.29 is 74.0 Å². The molecule has 0 aliphatic heterocycles. The fraction of sp³-hybridized carbons (Fsp3) is 0.581. The Hall–Kier alpha value is -5.32. The third-order valence-electron chi connectivity index (χ3n) is 7.84. The molecule has 2 aromatic rings. The van der Waals surface area contributed by atoms with Crippen LogP contribution in [0.2, 0.25) is 0 Å². The number of ether oxygens (including phenoxy) is 6. The first kappa shape index (κ1) is 55.8. The quantitative estimate of drug-likeness (QED) is 0.128. The highest BCUT2D eigenvalue weighted by Crippen LogP contribution is 2.23. The first-order chi connectivity index (χ1) is 29.7. The molecule has 0 bridgehead atoms. The molecule has 0 heterocycles. The lowest BCUT2D eigenvalue weighted by molar-refractivity contribution is -0.167. The predicted molar refractivity (Wildman–Crippen MR) is 236 cm³/mol. The summed E-state index contributed by atoms with van der Waals surface area (Å²) in [6, 6.07) is 12.4. The Balaban J connectivity index is 2.73. The van der Waals surface area contributed by atoms with Crippen molar-refractivity contribution in [3.63, 3.8) is 0 Å². The first-order valence-electron chi connectivity index (χ1n) is 20.6. The molecule has 2 N–H and O–H groups in total. The van der Waals surface area contributed by atoms with E-state index in [2.05, 4.69) is 0 Å². The fourth-order valence-electron chi connectivity index (χ4n) is 5.53. The van der Waals surface area contributed by atoms with Crippen LogP contribution in [0.25, 0.3) is 0 Å². The van der Waals surface area contributed by atoms with Crippen LogP contribution in [-0.4, -0.2) is 109 Å². The number of carbonyl (C=O) groups is 6. The standard InChI is InChI=1S/C43H64N4O16S2/c1-40(2,3)60-34(48)26-32(36(50)62-42(7,8)9)46(64(54,55)44-38(52)58-28-30-20-15-13-16-21-30)24-19-25-47(65(56,57)45-39(53)59-29-31-22-17-14-18-23-31)33(37(51)63-43(10,11)12)27-35(49)61-41(4,5)6/h13-18,20-23,32-33H,19,24-29H2,1-12H3,(H,44,52)(H,45,53)/t32-,33-/m0/s1. The number of benzene rings is 2. The molecule has 0 unspecified atom stereocenters. The maximum absolute atomic E-state index is 14.2. The minimum Gasteiger partial charge on any atom is -0.460 e. The van der Waals surface area contributed by atoms with Crippen molar-refractivity contribution in [3.05, 3.63) is 71.8 Å². The van der Waals surface area contributed by atoms with Gasteiger partial charge in [0.1, 0.15) is 47.7 Å². The van der Waals surface area contributed by atoms with E-state index in [1.807, 2.05) is 0 Å². The summed E-state index contributed by atoms with van der Waals surface area (Å²) in [6.07, 6.45) is -5.53. The van der Waals surface area contributed by atoms with Gasteiger partial charge in [0.05, 0.1) is 12.8 Å². The third kappa shape index (κ3) is 21.9. The van der Waals surface area contributed by atoms with Crippen molar-refractivity contribution in [3.8, 4) is 0 Å². The average molecular weight is 957 g/mol. The van der Waals surface area contributed by atoms with Gasteiger partial charge in [0.25, 0.3) is 0 Å². The van der Waals surface area contributed by atoms with Crippen LogP contribution in [0.1, 0.15) is 113 Å². The van der Waals surface area contributed by atoms with Crippen LogP contribution in [-0.2, 0) is 81.2 Å². The van der Waals surface area contributed by atoms with Gasteiger partial charge in [0.15, 0.2) is 0 Å². The molecule has 0 spiro atoms. The van der Waals surface area contributed by atoms with E-state index in [9.17, 15) is 45.6 Å². The average Bonchev–Trinajstić information content (AvgIpc) is 3.12. The Morgan fingerprint density at radius 3 is 1.06 bits per heavy atom. The monoisotopic (exact) mass is 956 g/mol. The summed E-state index contributed by atoms with van der Waals surface area (Å²) < 4.78 is 93.2. The van der Waals surface area contributed by atoms with E-state index in [0.717, 1.165) is 0 Å². The van der Waals surface area contributed by atoms with Crippen LogP contribution in [0.5, 0.6) is 0 Å². The van der Waals surface area contributed by atoms with Crippen molar-refractivity contribution in [2.24, 2.45) is 0 Å². The van der Waals surface area contributed by atoms with Gasteiger partial charge in [0, 0.05) is 13.1 Å². The molecule has 364 valence electrons. The molecule has 0 aliphatic rings. The molecule has 2 atom stereocenters. The Kier molecular flexibility index (Phi) is 19.9. The van der Waals surface area contributed by atoms with Crippen molar-refractivity contribution >= 4 is 56.5 Å². The van der Waals surface area contributed by atoms with Crippen LogP contribution in [0.4, 0.5) is 9.59 Å². The number of hydrogen-bond donors (Lipinski definition) is 2. The van der Waals surface area contributed by atoms with Gasteiger partial charge in [-0.2, -0.15) is 25.4 Å². The summed E-state index contributed by atoms with van der Waals surface area (Å²) in [5.41, 5.74) is -3.69. The summed E-state index contributed by atoms with van der Waals surface area (Å²) in [6.45, 7) is 15.6. The topological polar surface area (TPSA) is 257 Å². The van der Waals surface area contributed by atoms with E-state index < -0.39 is 123 Å². The molecule has 20 nitrogen and oxygen atoms in total. The lowest BCUT2D eigenvalue weighted by atomic mass is 10.1. The van der Waals surface area contributed by atoms with Crippen molar-refractivity contribution in [2.45, 2.75) is 150 Å². The molecule has 0 aromatic heterocycles. The van der Waals surface area contributed by atoms with E-state index >= 15 is 0 Å². The molecule has 0 saturated carbocycles. The highest BCUT2D eigenvalue weighted by molar-refractivity contribution is 7.88. The summed E-state index contributed by atoms with van der Waals surface area (Å²) in [7, 11) is -10.4. The number of nitrogens with one attached hydrogen (secondary N) is 2. The minimum absolute atomic E-state index is 0.368. The zero-order valence-corrected chi connectivity index (χ0v) is 40.8. The van der Waals surface area contributed by atoms with E-state index in [1.54, 1.807) is 70.1 Å². The highest BCUT2D eigenvalue weighted by Gasteiger charge is 2.44. The molecule has 22 heteroatoms. The SMILES string of the molecule is CC(C)(C)OC(=O)C[C@@H](C(=O)OC(C)(C)C)N(CCCN([C@@H](CC(=O)OC(C)(C)C)C(=O)OC(C)(C)C)S(=O)(=O)NC(=O)OCc1ccccc1)S(=O)(=O)NC(=O)OCc1ccccc1. The van der Waals surface area contributed by atoms with Crippen LogP contribution >= 0.6 is 0 Å². The molecule has 2 aromatic carbocycles. The predicted octanol–water partition coefficient (Wildman–Crippen LogP) is 5.21. The normalized spacial score (nSPS) is 13.5. The molecule has 0 saturated heterocycles. The van der Waals surface area contributed by atoms with Gasteiger partial charge in [-0.3, -0.25) is 19.2 Å². The zero-order chi connectivity index (χ0) is 49.6. The smallest absolute Gasteiger partial charge is 0.422 e.